The molecular weight excluding hydrogens is 168 g/mol. The van der Waals surface area contributed by atoms with Crippen molar-refractivity contribution in [1.82, 2.24) is 0 Å². The van der Waals surface area contributed by atoms with Crippen LogP contribution in [0.2, 0.25) is 0 Å². The fraction of sp³-hybridized carbons (Fsp3) is 0.800. The van der Waals surface area contributed by atoms with E-state index in [1.807, 2.05) is 13.8 Å². The molecule has 0 amide bonds. The van der Waals surface area contributed by atoms with Gasteiger partial charge >= 0.3 is 0 Å². The monoisotopic (exact) mass is 184 g/mol. The minimum atomic E-state index is -0.660. The third-order valence-electron chi connectivity index (χ3n) is 2.02. The van der Waals surface area contributed by atoms with Crippen LogP contribution in [0.25, 0.3) is 0 Å². The molecule has 0 saturated carbocycles. The average molecular weight is 184 g/mol. The molecule has 1 N–H and O–H groups in total. The van der Waals surface area contributed by atoms with Gasteiger partial charge in [-0.05, 0) is 26.7 Å². The fourth-order valence-corrected chi connectivity index (χ4v) is 1.33. The van der Waals surface area contributed by atoms with E-state index in [4.69, 9.17) is 21.0 Å². The van der Waals surface area contributed by atoms with Crippen LogP contribution in [0.4, 0.5) is 0 Å². The summed E-state index contributed by atoms with van der Waals surface area (Å²) in [6.45, 7) is 4.35. The van der Waals surface area contributed by atoms with Crippen LogP contribution in [0.5, 0.6) is 0 Å². The first-order valence-electron chi connectivity index (χ1n) is 4.49. The Bertz CT molecular complexity index is 205. The molecule has 1 fully saturated rings. The van der Waals surface area contributed by atoms with Gasteiger partial charge < -0.3 is 14.6 Å². The van der Waals surface area contributed by atoms with Crippen molar-refractivity contribution in [2.75, 3.05) is 6.61 Å². The van der Waals surface area contributed by atoms with E-state index < -0.39 is 11.9 Å². The Morgan fingerprint density at radius 3 is 2.85 bits per heavy atom. The molecule has 0 unspecified atom stereocenters. The van der Waals surface area contributed by atoms with Gasteiger partial charge in [0.1, 0.15) is 6.10 Å². The van der Waals surface area contributed by atoms with Crippen molar-refractivity contribution in [3.8, 4) is 12.3 Å². The van der Waals surface area contributed by atoms with E-state index in [-0.39, 0.29) is 6.10 Å². The van der Waals surface area contributed by atoms with Crippen molar-refractivity contribution in [2.24, 2.45) is 0 Å². The number of hydrogen-bond donors (Lipinski definition) is 1. The molecule has 1 saturated heterocycles. The van der Waals surface area contributed by atoms with Gasteiger partial charge in [0.15, 0.2) is 5.79 Å². The van der Waals surface area contributed by atoms with Gasteiger partial charge in [0, 0.05) is 0 Å². The Morgan fingerprint density at radius 1 is 1.69 bits per heavy atom. The summed E-state index contributed by atoms with van der Waals surface area (Å²) in [5.41, 5.74) is 0. The van der Waals surface area contributed by atoms with Crippen LogP contribution in [0, 0.1) is 12.3 Å². The highest BCUT2D eigenvalue weighted by Crippen LogP contribution is 2.24. The SMILES string of the molecule is C#C[C@@H](O)CC[C@@H]1COC(C)(C)O1. The van der Waals surface area contributed by atoms with Crippen LogP contribution < -0.4 is 0 Å². The summed E-state index contributed by atoms with van der Waals surface area (Å²) in [6.07, 6.45) is 5.76. The van der Waals surface area contributed by atoms with Gasteiger partial charge in [0.05, 0.1) is 12.7 Å². The highest BCUT2D eigenvalue weighted by atomic mass is 16.7. The number of hydrogen-bond acceptors (Lipinski definition) is 3. The molecule has 0 aromatic carbocycles. The number of rotatable bonds is 3. The summed E-state index contributed by atoms with van der Waals surface area (Å²) in [4.78, 5) is 0. The highest BCUT2D eigenvalue weighted by Gasteiger charge is 2.32. The molecule has 1 heterocycles. The van der Waals surface area contributed by atoms with Gasteiger partial charge in [-0.2, -0.15) is 0 Å². The quantitative estimate of drug-likeness (QED) is 0.663. The number of ether oxygens (including phenoxy) is 2. The maximum absolute atomic E-state index is 9.12. The predicted molar refractivity (Wildman–Crippen MR) is 49.0 cm³/mol. The predicted octanol–water partition coefficient (Wildman–Crippen LogP) is 0.912. The van der Waals surface area contributed by atoms with E-state index in [9.17, 15) is 0 Å². The molecule has 0 spiro atoms. The number of terminal acetylenes is 1. The lowest BCUT2D eigenvalue weighted by Crippen LogP contribution is -2.22. The van der Waals surface area contributed by atoms with E-state index in [0.717, 1.165) is 6.42 Å². The van der Waals surface area contributed by atoms with Gasteiger partial charge in [0.25, 0.3) is 0 Å². The molecule has 0 aromatic rings. The summed E-state index contributed by atoms with van der Waals surface area (Å²) < 4.78 is 10.9. The lowest BCUT2D eigenvalue weighted by atomic mass is 10.1. The first-order chi connectivity index (χ1) is 6.03. The van der Waals surface area contributed by atoms with E-state index in [0.29, 0.717) is 13.0 Å². The minimum absolute atomic E-state index is 0.0676. The Hall–Kier alpha value is -0.560. The van der Waals surface area contributed by atoms with Crippen molar-refractivity contribution in [1.29, 1.82) is 0 Å². The fourth-order valence-electron chi connectivity index (χ4n) is 1.33. The van der Waals surface area contributed by atoms with Crippen LogP contribution in [-0.4, -0.2) is 29.7 Å². The Balaban J connectivity index is 2.22. The normalized spacial score (nSPS) is 28.3. The zero-order valence-electron chi connectivity index (χ0n) is 8.12. The molecule has 1 aliphatic heterocycles. The average Bonchev–Trinajstić information content (AvgIpc) is 2.41. The Kier molecular flexibility index (Phi) is 3.32. The highest BCUT2D eigenvalue weighted by molar-refractivity contribution is 4.93. The first-order valence-corrected chi connectivity index (χ1v) is 4.49. The van der Waals surface area contributed by atoms with Crippen LogP contribution in [-0.2, 0) is 9.47 Å². The molecule has 3 nitrogen and oxygen atoms in total. The standard InChI is InChI=1S/C10H16O3/c1-4-8(11)5-6-9-7-12-10(2,3)13-9/h1,8-9,11H,5-7H2,2-3H3/t8-,9-/m1/s1. The zero-order chi connectivity index (χ0) is 9.90. The van der Waals surface area contributed by atoms with E-state index in [2.05, 4.69) is 5.92 Å². The molecule has 1 aliphatic rings. The maximum Gasteiger partial charge on any atom is 0.163 e. The summed E-state index contributed by atoms with van der Waals surface area (Å²) in [6, 6.07) is 0. The first kappa shape index (κ1) is 10.5. The van der Waals surface area contributed by atoms with Gasteiger partial charge in [0.2, 0.25) is 0 Å². The molecule has 74 valence electrons. The van der Waals surface area contributed by atoms with Crippen LogP contribution in [0.15, 0.2) is 0 Å². The smallest absolute Gasteiger partial charge is 0.163 e. The summed E-state index contributed by atoms with van der Waals surface area (Å²) in [5, 5.41) is 9.12. The minimum Gasteiger partial charge on any atom is -0.380 e. The molecule has 3 heteroatoms. The van der Waals surface area contributed by atoms with Crippen molar-refractivity contribution in [2.45, 2.75) is 44.7 Å². The molecule has 0 bridgehead atoms. The molecule has 1 rings (SSSR count). The van der Waals surface area contributed by atoms with Gasteiger partial charge in [-0.25, -0.2) is 0 Å². The van der Waals surface area contributed by atoms with Crippen LogP contribution in [0.1, 0.15) is 26.7 Å². The van der Waals surface area contributed by atoms with Crippen molar-refractivity contribution < 1.29 is 14.6 Å². The Labute approximate surface area is 79.0 Å². The lowest BCUT2D eigenvalue weighted by Gasteiger charge is -2.17. The number of aliphatic hydroxyl groups is 1. The third kappa shape index (κ3) is 3.35. The Morgan fingerprint density at radius 2 is 2.38 bits per heavy atom. The van der Waals surface area contributed by atoms with Crippen LogP contribution >= 0.6 is 0 Å². The van der Waals surface area contributed by atoms with Gasteiger partial charge in [-0.15, -0.1) is 6.42 Å². The largest absolute Gasteiger partial charge is 0.380 e. The second kappa shape index (κ2) is 4.10. The van der Waals surface area contributed by atoms with E-state index in [1.165, 1.54) is 0 Å². The summed E-state index contributed by atoms with van der Waals surface area (Å²) in [5.74, 6) is 1.79. The van der Waals surface area contributed by atoms with E-state index >= 15 is 0 Å². The number of aliphatic hydroxyl groups excluding tert-OH is 1. The van der Waals surface area contributed by atoms with Crippen LogP contribution in [0.3, 0.4) is 0 Å². The third-order valence-corrected chi connectivity index (χ3v) is 2.02. The molecule has 13 heavy (non-hydrogen) atoms. The second-order valence-electron chi connectivity index (χ2n) is 3.71. The molecule has 0 radical (unpaired) electrons. The second-order valence-corrected chi connectivity index (χ2v) is 3.71. The maximum atomic E-state index is 9.12. The molecule has 0 aliphatic carbocycles. The van der Waals surface area contributed by atoms with Crippen molar-refractivity contribution in [3.63, 3.8) is 0 Å². The van der Waals surface area contributed by atoms with E-state index in [1.54, 1.807) is 0 Å². The summed E-state index contributed by atoms with van der Waals surface area (Å²) >= 11 is 0. The van der Waals surface area contributed by atoms with Crippen molar-refractivity contribution in [3.05, 3.63) is 0 Å². The van der Waals surface area contributed by atoms with Gasteiger partial charge in [-0.1, -0.05) is 5.92 Å². The van der Waals surface area contributed by atoms with Gasteiger partial charge in [-0.3, -0.25) is 0 Å². The summed E-state index contributed by atoms with van der Waals surface area (Å²) in [7, 11) is 0. The molecular formula is C10H16O3. The molecule has 2 atom stereocenters. The zero-order valence-corrected chi connectivity index (χ0v) is 8.12. The molecule has 0 aromatic heterocycles. The topological polar surface area (TPSA) is 38.7 Å². The van der Waals surface area contributed by atoms with Crippen molar-refractivity contribution >= 4 is 0 Å². The lowest BCUT2D eigenvalue weighted by molar-refractivity contribution is -0.139.